The average molecular weight is 343 g/mol. The van der Waals surface area contributed by atoms with E-state index in [-0.39, 0.29) is 11.5 Å². The smallest absolute Gasteiger partial charge is 0.293 e. The summed E-state index contributed by atoms with van der Waals surface area (Å²) < 4.78 is 1.32. The maximum absolute atomic E-state index is 12.5. The number of likely N-dealkylation sites (tertiary alicyclic amines) is 1. The fourth-order valence-corrected chi connectivity index (χ4v) is 3.21. The number of hydrogen-bond acceptors (Lipinski definition) is 4. The Morgan fingerprint density at radius 1 is 1.28 bits per heavy atom. The molecule has 1 aromatic carbocycles. The number of aromatic hydroxyl groups is 1. The number of para-hydroxylation sites is 1. The first-order valence-corrected chi connectivity index (χ1v) is 8.37. The third kappa shape index (κ3) is 3.22. The van der Waals surface area contributed by atoms with Gasteiger partial charge in [-0.2, -0.15) is 0 Å². The van der Waals surface area contributed by atoms with Gasteiger partial charge in [-0.3, -0.25) is 14.4 Å². The van der Waals surface area contributed by atoms with Gasteiger partial charge < -0.3 is 19.9 Å². The second-order valence-corrected chi connectivity index (χ2v) is 6.20. The molecule has 0 atom stereocenters. The van der Waals surface area contributed by atoms with Crippen molar-refractivity contribution in [2.24, 2.45) is 7.05 Å². The maximum Gasteiger partial charge on any atom is 0.293 e. The molecule has 2 heterocycles. The van der Waals surface area contributed by atoms with Crippen molar-refractivity contribution in [1.82, 2.24) is 14.8 Å². The second-order valence-electron chi connectivity index (χ2n) is 6.20. The zero-order chi connectivity index (χ0) is 18.0. The summed E-state index contributed by atoms with van der Waals surface area (Å²) in [7, 11) is 1.55. The summed E-state index contributed by atoms with van der Waals surface area (Å²) in [6.07, 6.45) is 2.11. The van der Waals surface area contributed by atoms with Crippen LogP contribution in [0.25, 0.3) is 10.9 Å². The van der Waals surface area contributed by atoms with Gasteiger partial charge >= 0.3 is 0 Å². The van der Waals surface area contributed by atoms with E-state index in [4.69, 9.17) is 0 Å². The number of nitrogens with one attached hydrogen (secondary N) is 1. The van der Waals surface area contributed by atoms with Gasteiger partial charge in [0.2, 0.25) is 5.91 Å². The van der Waals surface area contributed by atoms with Crippen LogP contribution in [0.4, 0.5) is 0 Å². The molecule has 2 amide bonds. The average Bonchev–Trinajstić information content (AvgIpc) is 3.02. The monoisotopic (exact) mass is 343 g/mol. The van der Waals surface area contributed by atoms with Gasteiger partial charge in [0.25, 0.3) is 11.5 Å². The highest BCUT2D eigenvalue weighted by atomic mass is 16.3. The molecule has 2 aromatic rings. The van der Waals surface area contributed by atoms with Gasteiger partial charge in [0.1, 0.15) is 0 Å². The summed E-state index contributed by atoms with van der Waals surface area (Å²) in [4.78, 5) is 38.0. The number of carbonyl (C=O) groups is 2. The Morgan fingerprint density at radius 2 is 2.04 bits per heavy atom. The molecule has 0 bridgehead atoms. The van der Waals surface area contributed by atoms with E-state index in [2.05, 4.69) is 5.32 Å². The van der Waals surface area contributed by atoms with Crippen LogP contribution in [0.1, 0.15) is 29.6 Å². The molecular weight excluding hydrogens is 322 g/mol. The lowest BCUT2D eigenvalue weighted by atomic mass is 10.1. The van der Waals surface area contributed by atoms with Gasteiger partial charge in [-0.05, 0) is 18.9 Å². The van der Waals surface area contributed by atoms with Crippen LogP contribution in [0.2, 0.25) is 0 Å². The van der Waals surface area contributed by atoms with Crippen LogP contribution >= 0.6 is 0 Å². The molecule has 1 aliphatic rings. The number of aromatic nitrogens is 1. The number of aryl methyl sites for hydroxylation is 1. The number of pyridine rings is 1. The molecule has 3 rings (SSSR count). The van der Waals surface area contributed by atoms with Crippen molar-refractivity contribution in [1.29, 1.82) is 0 Å². The highest BCUT2D eigenvalue weighted by Gasteiger charge is 2.21. The van der Waals surface area contributed by atoms with Crippen molar-refractivity contribution in [3.8, 4) is 5.75 Å². The highest BCUT2D eigenvalue weighted by molar-refractivity contribution is 6.08. The zero-order valence-electron chi connectivity index (χ0n) is 14.1. The molecule has 2 N–H and O–H groups in total. The lowest BCUT2D eigenvalue weighted by molar-refractivity contribution is -0.127. The normalized spacial score (nSPS) is 14.3. The third-order valence-corrected chi connectivity index (χ3v) is 4.57. The SMILES string of the molecule is Cn1c(=O)c(O)c(C(=O)NCCCN2CCCC2=O)c2ccccc21. The molecular formula is C18H21N3O4. The van der Waals surface area contributed by atoms with Gasteiger partial charge in [-0.15, -0.1) is 0 Å². The number of carbonyl (C=O) groups excluding carboxylic acids is 2. The molecule has 7 nitrogen and oxygen atoms in total. The van der Waals surface area contributed by atoms with E-state index in [9.17, 15) is 19.5 Å². The largest absolute Gasteiger partial charge is 0.502 e. The van der Waals surface area contributed by atoms with Crippen LogP contribution in [0.5, 0.6) is 5.75 Å². The molecule has 1 fully saturated rings. The summed E-state index contributed by atoms with van der Waals surface area (Å²) >= 11 is 0. The third-order valence-electron chi connectivity index (χ3n) is 4.57. The Balaban J connectivity index is 1.74. The molecule has 1 aromatic heterocycles. The number of fused-ring (bicyclic) bond motifs is 1. The van der Waals surface area contributed by atoms with Crippen LogP contribution in [0.15, 0.2) is 29.1 Å². The number of amides is 2. The molecule has 0 aliphatic carbocycles. The summed E-state index contributed by atoms with van der Waals surface area (Å²) in [6.45, 7) is 1.74. The number of rotatable bonds is 5. The van der Waals surface area contributed by atoms with E-state index in [1.807, 2.05) is 0 Å². The predicted octanol–water partition coefficient (Wildman–Crippen LogP) is 0.986. The Kier molecular flexibility index (Phi) is 4.74. The van der Waals surface area contributed by atoms with Gasteiger partial charge in [0.05, 0.1) is 11.1 Å². The Morgan fingerprint density at radius 3 is 2.76 bits per heavy atom. The van der Waals surface area contributed by atoms with Crippen molar-refractivity contribution in [2.75, 3.05) is 19.6 Å². The van der Waals surface area contributed by atoms with E-state index in [0.29, 0.717) is 36.8 Å². The standard InChI is InChI=1S/C18H21N3O4/c1-20-13-7-3-2-6-12(13)15(16(23)18(20)25)17(24)19-9-5-11-21-10-4-8-14(21)22/h2-3,6-7,23H,4-5,8-11H2,1H3,(H,19,24). The molecule has 25 heavy (non-hydrogen) atoms. The van der Waals surface area contributed by atoms with Gasteiger partial charge in [0, 0.05) is 38.5 Å². The topological polar surface area (TPSA) is 91.6 Å². The maximum atomic E-state index is 12.5. The zero-order valence-corrected chi connectivity index (χ0v) is 14.1. The van der Waals surface area contributed by atoms with Gasteiger partial charge in [-0.25, -0.2) is 0 Å². The number of hydrogen-bond donors (Lipinski definition) is 2. The van der Waals surface area contributed by atoms with Crippen molar-refractivity contribution in [3.05, 3.63) is 40.2 Å². The van der Waals surface area contributed by atoms with Gasteiger partial charge in [-0.1, -0.05) is 18.2 Å². The minimum atomic E-state index is -0.605. The van der Waals surface area contributed by atoms with E-state index < -0.39 is 17.2 Å². The summed E-state index contributed by atoms with van der Waals surface area (Å²) in [5, 5.41) is 13.4. The molecule has 0 saturated carbocycles. The first kappa shape index (κ1) is 17.0. The molecule has 0 unspecified atom stereocenters. The van der Waals surface area contributed by atoms with E-state index in [1.165, 1.54) is 4.57 Å². The van der Waals surface area contributed by atoms with Crippen LogP contribution in [0, 0.1) is 0 Å². The van der Waals surface area contributed by atoms with E-state index in [0.717, 1.165) is 13.0 Å². The van der Waals surface area contributed by atoms with E-state index >= 15 is 0 Å². The first-order chi connectivity index (χ1) is 12.0. The summed E-state index contributed by atoms with van der Waals surface area (Å²) in [5.41, 5.74) is -0.0272. The number of nitrogens with zero attached hydrogens (tertiary/aromatic N) is 2. The van der Waals surface area contributed by atoms with Crippen molar-refractivity contribution < 1.29 is 14.7 Å². The predicted molar refractivity (Wildman–Crippen MR) is 93.6 cm³/mol. The molecule has 1 saturated heterocycles. The number of benzene rings is 1. The molecule has 7 heteroatoms. The quantitative estimate of drug-likeness (QED) is 0.792. The molecule has 1 aliphatic heterocycles. The Bertz CT molecular complexity index is 888. The fourth-order valence-electron chi connectivity index (χ4n) is 3.21. The minimum Gasteiger partial charge on any atom is -0.502 e. The van der Waals surface area contributed by atoms with Crippen LogP contribution in [-0.2, 0) is 11.8 Å². The van der Waals surface area contributed by atoms with Crippen molar-refractivity contribution in [3.63, 3.8) is 0 Å². The lowest BCUT2D eigenvalue weighted by Crippen LogP contribution is -2.31. The van der Waals surface area contributed by atoms with Crippen LogP contribution < -0.4 is 10.9 Å². The summed E-state index contributed by atoms with van der Waals surface area (Å²) in [6, 6.07) is 6.95. The Labute approximate surface area is 144 Å². The fraction of sp³-hybridized carbons (Fsp3) is 0.389. The molecule has 0 spiro atoms. The molecule has 132 valence electrons. The van der Waals surface area contributed by atoms with Crippen molar-refractivity contribution in [2.45, 2.75) is 19.3 Å². The minimum absolute atomic E-state index is 0.00375. The lowest BCUT2D eigenvalue weighted by Gasteiger charge is -2.16. The second kappa shape index (κ2) is 6.96. The van der Waals surface area contributed by atoms with Crippen molar-refractivity contribution >= 4 is 22.7 Å². The van der Waals surface area contributed by atoms with Crippen LogP contribution in [0.3, 0.4) is 0 Å². The van der Waals surface area contributed by atoms with Crippen LogP contribution in [-0.4, -0.2) is 46.0 Å². The summed E-state index contributed by atoms with van der Waals surface area (Å²) in [5.74, 6) is -0.880. The van der Waals surface area contributed by atoms with Gasteiger partial charge in [0.15, 0.2) is 5.75 Å². The highest BCUT2D eigenvalue weighted by Crippen LogP contribution is 2.23. The first-order valence-electron chi connectivity index (χ1n) is 8.37. The Hall–Kier alpha value is -2.83. The van der Waals surface area contributed by atoms with E-state index in [1.54, 1.807) is 36.2 Å². The molecule has 0 radical (unpaired) electrons.